The van der Waals surface area contributed by atoms with Crippen LogP contribution in [0.2, 0.25) is 0 Å². The van der Waals surface area contributed by atoms with Gasteiger partial charge in [0.15, 0.2) is 5.79 Å². The molecule has 0 unspecified atom stereocenters. The molecule has 6 atom stereocenters. The van der Waals surface area contributed by atoms with Crippen LogP contribution in [-0.2, 0) is 0 Å². The number of rotatable bonds is 0. The van der Waals surface area contributed by atoms with Gasteiger partial charge in [-0.3, -0.25) is 0 Å². The van der Waals surface area contributed by atoms with Crippen molar-refractivity contribution in [3.05, 3.63) is 0 Å². The maximum atomic E-state index is 10.1. The lowest BCUT2D eigenvalue weighted by Crippen LogP contribution is -2.55. The third kappa shape index (κ3) is 2.05. The van der Waals surface area contributed by atoms with Crippen LogP contribution >= 0.6 is 0 Å². The number of hydrogen-bond donors (Lipinski definition) is 2. The summed E-state index contributed by atoms with van der Waals surface area (Å²) in [5.41, 5.74) is 1.01. The lowest BCUT2D eigenvalue weighted by atomic mass is 9.45. The van der Waals surface area contributed by atoms with Crippen molar-refractivity contribution in [2.45, 2.75) is 83.8 Å². The Labute approximate surface area is 129 Å². The van der Waals surface area contributed by atoms with Gasteiger partial charge in [0.05, 0.1) is 0 Å². The minimum absolute atomic E-state index is 0.377. The molecule has 4 rings (SSSR count). The molecule has 0 spiro atoms. The molecule has 0 radical (unpaired) electrons. The quantitative estimate of drug-likeness (QED) is 0.660. The molecule has 0 bridgehead atoms. The first-order valence-corrected chi connectivity index (χ1v) is 9.29. The summed E-state index contributed by atoms with van der Waals surface area (Å²) < 4.78 is 0. The molecule has 0 aliphatic heterocycles. The van der Waals surface area contributed by atoms with Crippen LogP contribution in [0.5, 0.6) is 0 Å². The van der Waals surface area contributed by atoms with Gasteiger partial charge < -0.3 is 10.2 Å². The van der Waals surface area contributed by atoms with Gasteiger partial charge >= 0.3 is 0 Å². The highest BCUT2D eigenvalue weighted by molar-refractivity contribution is 5.07. The number of aliphatic hydroxyl groups is 2. The third-order valence-corrected chi connectivity index (χ3v) is 8.48. The standard InChI is InChI=1S/C19H32O2/c1-17-8-3-4-15(17)14-6-5-13-12-19(20,21)11-10-18(13,2)16(14)7-9-17/h13-16,20-21H,3-12H2,1-2H3/t13-,14-,15-,16-,17-,18-/m0/s1. The van der Waals surface area contributed by atoms with Gasteiger partial charge in [-0.25, -0.2) is 0 Å². The van der Waals surface area contributed by atoms with Gasteiger partial charge in [0, 0.05) is 12.8 Å². The van der Waals surface area contributed by atoms with Crippen molar-refractivity contribution < 1.29 is 10.2 Å². The van der Waals surface area contributed by atoms with E-state index < -0.39 is 5.79 Å². The molecule has 2 N–H and O–H groups in total. The van der Waals surface area contributed by atoms with E-state index in [0.29, 0.717) is 29.6 Å². The molecule has 4 fully saturated rings. The summed E-state index contributed by atoms with van der Waals surface area (Å²) in [6, 6.07) is 0. The van der Waals surface area contributed by atoms with Crippen LogP contribution in [0.1, 0.15) is 78.1 Å². The summed E-state index contributed by atoms with van der Waals surface area (Å²) in [5.74, 6) is 1.89. The van der Waals surface area contributed by atoms with Gasteiger partial charge in [0.25, 0.3) is 0 Å². The Morgan fingerprint density at radius 3 is 2.43 bits per heavy atom. The van der Waals surface area contributed by atoms with Gasteiger partial charge in [0.2, 0.25) is 0 Å². The summed E-state index contributed by atoms with van der Waals surface area (Å²) in [7, 11) is 0. The summed E-state index contributed by atoms with van der Waals surface area (Å²) in [6.45, 7) is 5.05. The van der Waals surface area contributed by atoms with Crippen molar-refractivity contribution in [1.82, 2.24) is 0 Å². The Morgan fingerprint density at radius 2 is 1.62 bits per heavy atom. The summed E-state index contributed by atoms with van der Waals surface area (Å²) in [4.78, 5) is 0. The molecule has 0 amide bonds. The first-order chi connectivity index (χ1) is 9.84. The Morgan fingerprint density at radius 1 is 0.810 bits per heavy atom. The Bertz CT molecular complexity index is 431. The van der Waals surface area contributed by atoms with Crippen LogP contribution in [0.15, 0.2) is 0 Å². The first kappa shape index (κ1) is 14.5. The van der Waals surface area contributed by atoms with E-state index in [0.717, 1.165) is 24.2 Å². The zero-order chi connectivity index (χ0) is 14.9. The predicted octanol–water partition coefficient (Wildman–Crippen LogP) is 4.10. The molecule has 4 aliphatic rings. The zero-order valence-electron chi connectivity index (χ0n) is 13.8. The second-order valence-corrected chi connectivity index (χ2v) is 9.43. The van der Waals surface area contributed by atoms with Crippen LogP contribution in [0.4, 0.5) is 0 Å². The molecular formula is C19H32O2. The molecular weight excluding hydrogens is 260 g/mol. The normalized spacial score (nSPS) is 55.4. The van der Waals surface area contributed by atoms with E-state index in [4.69, 9.17) is 0 Å². The van der Waals surface area contributed by atoms with E-state index in [1.165, 1.54) is 44.9 Å². The maximum Gasteiger partial charge on any atom is 0.162 e. The molecule has 0 aromatic rings. The average Bonchev–Trinajstić information content (AvgIpc) is 2.81. The maximum absolute atomic E-state index is 10.1. The largest absolute Gasteiger partial charge is 0.366 e. The van der Waals surface area contributed by atoms with Gasteiger partial charge in [0.1, 0.15) is 0 Å². The Kier molecular flexibility index (Phi) is 3.09. The number of fused-ring (bicyclic) bond motifs is 5. The average molecular weight is 292 g/mol. The summed E-state index contributed by atoms with van der Waals surface area (Å²) >= 11 is 0. The van der Waals surface area contributed by atoms with E-state index in [2.05, 4.69) is 13.8 Å². The highest BCUT2D eigenvalue weighted by atomic mass is 16.5. The van der Waals surface area contributed by atoms with Crippen molar-refractivity contribution in [3.8, 4) is 0 Å². The molecule has 21 heavy (non-hydrogen) atoms. The first-order valence-electron chi connectivity index (χ1n) is 9.29. The highest BCUT2D eigenvalue weighted by Crippen LogP contribution is 2.66. The topological polar surface area (TPSA) is 40.5 Å². The van der Waals surface area contributed by atoms with Crippen molar-refractivity contribution in [2.24, 2.45) is 34.5 Å². The van der Waals surface area contributed by atoms with Crippen LogP contribution in [0, 0.1) is 34.5 Å². The summed E-state index contributed by atoms with van der Waals surface area (Å²) in [6.07, 6.45) is 12.0. The zero-order valence-corrected chi connectivity index (χ0v) is 13.8. The van der Waals surface area contributed by atoms with Gasteiger partial charge in [-0.2, -0.15) is 0 Å². The van der Waals surface area contributed by atoms with E-state index in [9.17, 15) is 10.2 Å². The molecule has 2 heteroatoms. The molecule has 0 heterocycles. The van der Waals surface area contributed by atoms with Gasteiger partial charge in [-0.05, 0) is 79.4 Å². The summed E-state index contributed by atoms with van der Waals surface area (Å²) in [5, 5.41) is 20.1. The smallest absolute Gasteiger partial charge is 0.162 e. The fourth-order valence-corrected chi connectivity index (χ4v) is 7.22. The van der Waals surface area contributed by atoms with E-state index in [-0.39, 0.29) is 0 Å². The molecule has 4 aliphatic carbocycles. The lowest BCUT2D eigenvalue weighted by Gasteiger charge is -2.61. The molecule has 120 valence electrons. The Balaban J connectivity index is 1.62. The molecule has 4 saturated carbocycles. The van der Waals surface area contributed by atoms with E-state index >= 15 is 0 Å². The van der Waals surface area contributed by atoms with Crippen LogP contribution in [0.25, 0.3) is 0 Å². The monoisotopic (exact) mass is 292 g/mol. The SMILES string of the molecule is C[C@@]12CCC[C@H]1[C@@H]1CC[C@H]3CC(O)(O)CC[C@]3(C)[C@H]1CC2. The molecule has 0 saturated heterocycles. The van der Waals surface area contributed by atoms with Gasteiger partial charge in [-0.1, -0.05) is 20.3 Å². The fourth-order valence-electron chi connectivity index (χ4n) is 7.22. The third-order valence-electron chi connectivity index (χ3n) is 8.48. The highest BCUT2D eigenvalue weighted by Gasteiger charge is 2.59. The van der Waals surface area contributed by atoms with Crippen molar-refractivity contribution in [2.75, 3.05) is 0 Å². The second-order valence-electron chi connectivity index (χ2n) is 9.43. The van der Waals surface area contributed by atoms with Crippen molar-refractivity contribution >= 4 is 0 Å². The molecule has 2 nitrogen and oxygen atoms in total. The molecule has 0 aromatic heterocycles. The van der Waals surface area contributed by atoms with Crippen molar-refractivity contribution in [1.29, 1.82) is 0 Å². The fraction of sp³-hybridized carbons (Fsp3) is 1.00. The van der Waals surface area contributed by atoms with Gasteiger partial charge in [-0.15, -0.1) is 0 Å². The van der Waals surface area contributed by atoms with Crippen LogP contribution < -0.4 is 0 Å². The van der Waals surface area contributed by atoms with E-state index in [1.807, 2.05) is 0 Å². The van der Waals surface area contributed by atoms with Crippen molar-refractivity contribution in [3.63, 3.8) is 0 Å². The van der Waals surface area contributed by atoms with Crippen LogP contribution in [0.3, 0.4) is 0 Å². The minimum Gasteiger partial charge on any atom is -0.366 e. The minimum atomic E-state index is -1.38. The lowest BCUT2D eigenvalue weighted by molar-refractivity contribution is -0.232. The van der Waals surface area contributed by atoms with E-state index in [1.54, 1.807) is 0 Å². The second kappa shape index (κ2) is 4.47. The molecule has 0 aromatic carbocycles. The Hall–Kier alpha value is -0.0800. The van der Waals surface area contributed by atoms with Crippen LogP contribution in [-0.4, -0.2) is 16.0 Å². The number of hydrogen-bond acceptors (Lipinski definition) is 2. The predicted molar refractivity (Wildman–Crippen MR) is 83.5 cm³/mol.